The minimum absolute atomic E-state index is 0.0650. The van der Waals surface area contributed by atoms with Gasteiger partial charge in [0, 0.05) is 12.8 Å². The lowest BCUT2D eigenvalue weighted by Gasteiger charge is -2.12. The van der Waals surface area contributed by atoms with E-state index < -0.39 is 12.1 Å². The predicted octanol–water partition coefficient (Wildman–Crippen LogP) is 0.807. The van der Waals surface area contributed by atoms with Crippen LogP contribution in [0.1, 0.15) is 26.7 Å². The summed E-state index contributed by atoms with van der Waals surface area (Å²) in [5.41, 5.74) is 4.85. The van der Waals surface area contributed by atoms with Gasteiger partial charge in [0.2, 0.25) is 0 Å². The van der Waals surface area contributed by atoms with Crippen LogP contribution in [0.25, 0.3) is 0 Å². The molecule has 17 heavy (non-hydrogen) atoms. The van der Waals surface area contributed by atoms with Crippen molar-refractivity contribution in [2.45, 2.75) is 38.5 Å². The van der Waals surface area contributed by atoms with Crippen LogP contribution in [0.3, 0.4) is 0 Å². The van der Waals surface area contributed by atoms with Crippen molar-refractivity contribution in [2.75, 3.05) is 6.54 Å². The van der Waals surface area contributed by atoms with Crippen molar-refractivity contribution < 1.29 is 33.6 Å². The molecule has 0 aromatic rings. The maximum Gasteiger partial charge on any atom is 0.490 e. The lowest BCUT2D eigenvalue weighted by atomic mass is 10.0. The maximum atomic E-state index is 10.6. The molecule has 0 fully saturated rings. The number of carboxylic acid groups (broad SMARTS) is 1. The Labute approximate surface area is 96.4 Å². The van der Waals surface area contributed by atoms with Crippen molar-refractivity contribution >= 4 is 11.7 Å². The molecule has 0 amide bonds. The van der Waals surface area contributed by atoms with E-state index >= 15 is 0 Å². The Morgan fingerprint density at radius 2 is 2.06 bits per heavy atom. The quantitative estimate of drug-likeness (QED) is 0.767. The van der Waals surface area contributed by atoms with E-state index in [1.807, 2.05) is 13.8 Å². The predicted molar refractivity (Wildman–Crippen MR) is 53.3 cm³/mol. The van der Waals surface area contributed by atoms with Gasteiger partial charge in [0.15, 0.2) is 0 Å². The van der Waals surface area contributed by atoms with Gasteiger partial charge in [-0.3, -0.25) is 0 Å². The highest BCUT2D eigenvalue weighted by atomic mass is 19.4. The van der Waals surface area contributed by atoms with E-state index in [-0.39, 0.29) is 5.60 Å². The highest BCUT2D eigenvalue weighted by Crippen LogP contribution is 2.22. The third-order valence-electron chi connectivity index (χ3n) is 1.76. The molecule has 8 heteroatoms. The van der Waals surface area contributed by atoms with Crippen LogP contribution in [0.15, 0.2) is 5.16 Å². The highest BCUT2D eigenvalue weighted by Gasteiger charge is 2.38. The summed E-state index contributed by atoms with van der Waals surface area (Å²) in [6.07, 6.45) is -3.15. The number of rotatable bonds is 2. The number of oxime groups is 1. The van der Waals surface area contributed by atoms with Crippen LogP contribution in [0.4, 0.5) is 13.2 Å². The van der Waals surface area contributed by atoms with Crippen LogP contribution in [0, 0.1) is 0 Å². The van der Waals surface area contributed by atoms with Crippen molar-refractivity contribution in [1.29, 1.82) is 0 Å². The summed E-state index contributed by atoms with van der Waals surface area (Å²) in [5, 5.41) is 11.1. The lowest BCUT2D eigenvalue weighted by Crippen LogP contribution is -2.50. The molecule has 0 aromatic heterocycles. The molecule has 0 spiro atoms. The van der Waals surface area contributed by atoms with Crippen molar-refractivity contribution in [3.8, 4) is 0 Å². The summed E-state index contributed by atoms with van der Waals surface area (Å²) in [4.78, 5) is 14.1. The van der Waals surface area contributed by atoms with E-state index in [1.165, 1.54) is 0 Å². The number of nitrogens with zero attached hydrogens (tertiary/aromatic N) is 1. The zero-order valence-corrected chi connectivity index (χ0v) is 9.67. The van der Waals surface area contributed by atoms with Crippen LogP contribution in [0.2, 0.25) is 0 Å². The molecule has 1 rings (SSSR count). The maximum absolute atomic E-state index is 10.6. The zero-order chi connectivity index (χ0) is 13.7. The third-order valence-corrected chi connectivity index (χ3v) is 1.76. The molecule has 0 aromatic carbocycles. The fraction of sp³-hybridized carbons (Fsp3) is 0.778. The topological polar surface area (TPSA) is 86.5 Å². The number of hydrogen-bond acceptors (Lipinski definition) is 3. The second-order valence-electron chi connectivity index (χ2n) is 4.09. The van der Waals surface area contributed by atoms with Crippen molar-refractivity contribution in [2.24, 2.45) is 5.16 Å². The first-order valence-corrected chi connectivity index (χ1v) is 4.92. The number of aliphatic carboxylic acids is 1. The molecular formula is C9H16F3N2O3+. The first-order valence-electron chi connectivity index (χ1n) is 4.92. The van der Waals surface area contributed by atoms with E-state index in [9.17, 15) is 13.2 Å². The average molecular weight is 257 g/mol. The fourth-order valence-corrected chi connectivity index (χ4v) is 1.08. The highest BCUT2D eigenvalue weighted by molar-refractivity contribution is 5.85. The molecule has 1 aliphatic rings. The third kappa shape index (κ3) is 6.77. The number of alkyl halides is 3. The monoisotopic (exact) mass is 257 g/mol. The molecule has 4 N–H and O–H groups in total. The van der Waals surface area contributed by atoms with Crippen molar-refractivity contribution in [1.82, 2.24) is 0 Å². The molecule has 1 heterocycles. The van der Waals surface area contributed by atoms with Crippen molar-refractivity contribution in [3.05, 3.63) is 0 Å². The van der Waals surface area contributed by atoms with Crippen LogP contribution in [0.5, 0.6) is 0 Å². The molecule has 5 nitrogen and oxygen atoms in total. The SMILES string of the molecule is CC1(C)CC(CC[NH3+])=NO1.O=C(O)C(F)(F)F. The van der Waals surface area contributed by atoms with Gasteiger partial charge in [0.25, 0.3) is 0 Å². The van der Waals surface area contributed by atoms with Gasteiger partial charge in [-0.15, -0.1) is 0 Å². The Kier molecular flexibility index (Phi) is 5.40. The normalized spacial score (nSPS) is 17.6. The standard InChI is InChI=1S/C7H14N2O.C2HF3O2/c1-7(2)5-6(3-4-8)9-10-7;3-2(4,5)1(6)7/h3-5,8H2,1-2H3;(H,6,7)/p+1. The zero-order valence-electron chi connectivity index (χ0n) is 9.67. The molecule has 0 saturated carbocycles. The summed E-state index contributed by atoms with van der Waals surface area (Å²) in [6, 6.07) is 0. The Morgan fingerprint density at radius 3 is 2.29 bits per heavy atom. The Hall–Kier alpha value is -1.31. The summed E-state index contributed by atoms with van der Waals surface area (Å²) in [5.74, 6) is -2.76. The Balaban J connectivity index is 0.000000325. The second kappa shape index (κ2) is 5.85. The first-order chi connectivity index (χ1) is 7.58. The first kappa shape index (κ1) is 15.7. The Morgan fingerprint density at radius 1 is 1.59 bits per heavy atom. The van der Waals surface area contributed by atoms with Gasteiger partial charge in [0.05, 0.1) is 12.3 Å². The minimum Gasteiger partial charge on any atom is -0.475 e. The lowest BCUT2D eigenvalue weighted by molar-refractivity contribution is -0.365. The van der Waals surface area contributed by atoms with Gasteiger partial charge in [0.1, 0.15) is 5.60 Å². The van der Waals surface area contributed by atoms with Gasteiger partial charge >= 0.3 is 12.1 Å². The van der Waals surface area contributed by atoms with E-state index in [1.54, 1.807) is 0 Å². The molecule has 0 aliphatic carbocycles. The van der Waals surface area contributed by atoms with Gasteiger partial charge in [-0.1, -0.05) is 5.16 Å². The van der Waals surface area contributed by atoms with Gasteiger partial charge in [-0.05, 0) is 13.8 Å². The summed E-state index contributed by atoms with van der Waals surface area (Å²) in [6.45, 7) is 5.01. The molecule has 100 valence electrons. The summed E-state index contributed by atoms with van der Waals surface area (Å²) >= 11 is 0. The molecular weight excluding hydrogens is 241 g/mol. The van der Waals surface area contributed by atoms with Crippen LogP contribution >= 0.6 is 0 Å². The number of carbonyl (C=O) groups is 1. The molecule has 0 unspecified atom stereocenters. The smallest absolute Gasteiger partial charge is 0.475 e. The van der Waals surface area contributed by atoms with E-state index in [4.69, 9.17) is 14.7 Å². The minimum atomic E-state index is -5.08. The van der Waals surface area contributed by atoms with E-state index in [0.717, 1.165) is 25.1 Å². The van der Waals surface area contributed by atoms with E-state index in [2.05, 4.69) is 10.9 Å². The summed E-state index contributed by atoms with van der Waals surface area (Å²) < 4.78 is 31.7. The molecule has 0 atom stereocenters. The van der Waals surface area contributed by atoms with E-state index in [0.29, 0.717) is 0 Å². The number of carboxylic acids is 1. The molecule has 0 radical (unpaired) electrons. The molecule has 1 aliphatic heterocycles. The number of hydrogen-bond donors (Lipinski definition) is 2. The second-order valence-corrected chi connectivity index (χ2v) is 4.09. The van der Waals surface area contributed by atoms with Crippen LogP contribution in [-0.4, -0.2) is 35.1 Å². The van der Waals surface area contributed by atoms with Crippen LogP contribution < -0.4 is 5.73 Å². The van der Waals surface area contributed by atoms with Gasteiger partial charge in [-0.25, -0.2) is 4.79 Å². The number of halogens is 3. The Bertz CT molecular complexity index is 300. The van der Waals surface area contributed by atoms with Gasteiger partial charge < -0.3 is 15.7 Å². The fourth-order valence-electron chi connectivity index (χ4n) is 1.08. The van der Waals surface area contributed by atoms with Crippen molar-refractivity contribution in [3.63, 3.8) is 0 Å². The number of quaternary nitrogens is 1. The molecule has 0 saturated heterocycles. The molecule has 0 bridgehead atoms. The largest absolute Gasteiger partial charge is 0.490 e. The summed E-state index contributed by atoms with van der Waals surface area (Å²) in [7, 11) is 0. The van der Waals surface area contributed by atoms with Crippen LogP contribution in [-0.2, 0) is 9.63 Å². The average Bonchev–Trinajstić information content (AvgIpc) is 2.45. The van der Waals surface area contributed by atoms with Gasteiger partial charge in [-0.2, -0.15) is 13.2 Å².